The van der Waals surface area contributed by atoms with Crippen LogP contribution >= 0.6 is 15.9 Å². The number of rotatable bonds is 0. The van der Waals surface area contributed by atoms with E-state index in [9.17, 15) is 0 Å². The average Bonchev–Trinajstić information content (AvgIpc) is 2.24. The average molecular weight is 246 g/mol. The lowest BCUT2D eigenvalue weighted by Gasteiger charge is -2.15. The molecule has 0 saturated heterocycles. The lowest BCUT2D eigenvalue weighted by Crippen LogP contribution is -1.98. The van der Waals surface area contributed by atoms with Gasteiger partial charge in [0.2, 0.25) is 0 Å². The summed E-state index contributed by atoms with van der Waals surface area (Å²) in [5.74, 6) is 0. The van der Waals surface area contributed by atoms with E-state index < -0.39 is 0 Å². The van der Waals surface area contributed by atoms with Gasteiger partial charge in [0.25, 0.3) is 0 Å². The van der Waals surface area contributed by atoms with Gasteiger partial charge in [-0.05, 0) is 16.3 Å². The zero-order chi connectivity index (χ0) is 9.54. The fourth-order valence-electron chi connectivity index (χ4n) is 1.93. The van der Waals surface area contributed by atoms with Crippen LogP contribution in [0.25, 0.3) is 10.8 Å². The molecule has 0 spiro atoms. The first-order valence-corrected chi connectivity index (χ1v) is 5.47. The van der Waals surface area contributed by atoms with Crippen molar-refractivity contribution in [1.29, 1.82) is 0 Å². The molecule has 0 amide bonds. The molecule has 0 bridgehead atoms. The van der Waals surface area contributed by atoms with Crippen molar-refractivity contribution in [2.45, 2.75) is 4.95 Å². The molecule has 1 nitrogen and oxygen atoms in total. The molecule has 2 heteroatoms. The van der Waals surface area contributed by atoms with Crippen LogP contribution in [0.15, 0.2) is 41.4 Å². The summed E-state index contributed by atoms with van der Waals surface area (Å²) in [7, 11) is 0. The number of hydrogen-bond donors (Lipinski definition) is 0. The molecule has 1 unspecified atom stereocenters. The van der Waals surface area contributed by atoms with E-state index in [1.807, 2.05) is 6.21 Å². The van der Waals surface area contributed by atoms with Crippen molar-refractivity contribution in [2.75, 3.05) is 0 Å². The van der Waals surface area contributed by atoms with Gasteiger partial charge in [-0.1, -0.05) is 52.3 Å². The highest BCUT2D eigenvalue weighted by molar-refractivity contribution is 9.09. The number of halogens is 1. The fourth-order valence-corrected chi connectivity index (χ4v) is 2.43. The quantitative estimate of drug-likeness (QED) is 0.496. The largest absolute Gasteiger partial charge is 0.273 e. The molecule has 2 aromatic carbocycles. The standard InChI is InChI=1S/C12H8BrN/c13-12-10-6-2-4-8-3-1-5-9(7-14-12)11(8)10/h1-7,12H. The Labute approximate surface area is 90.6 Å². The van der Waals surface area contributed by atoms with Crippen molar-refractivity contribution in [3.63, 3.8) is 0 Å². The second-order valence-corrected chi connectivity index (χ2v) is 4.27. The van der Waals surface area contributed by atoms with Crippen LogP contribution in [0.4, 0.5) is 0 Å². The van der Waals surface area contributed by atoms with Crippen molar-refractivity contribution >= 4 is 32.9 Å². The molecule has 14 heavy (non-hydrogen) atoms. The third kappa shape index (κ3) is 1.04. The normalized spacial score (nSPS) is 18.8. The van der Waals surface area contributed by atoms with E-state index >= 15 is 0 Å². The Bertz CT molecular complexity index is 526. The Balaban J connectivity index is 2.52. The third-order valence-corrected chi connectivity index (χ3v) is 3.30. The second-order valence-electron chi connectivity index (χ2n) is 3.41. The van der Waals surface area contributed by atoms with Crippen LogP contribution in [0.2, 0.25) is 0 Å². The van der Waals surface area contributed by atoms with Crippen molar-refractivity contribution in [2.24, 2.45) is 4.99 Å². The molecule has 3 rings (SSSR count). The minimum absolute atomic E-state index is 0.112. The molecule has 0 aromatic heterocycles. The molecule has 68 valence electrons. The lowest BCUT2D eigenvalue weighted by atomic mass is 9.98. The SMILES string of the molecule is BrC1N=Cc2cccc3cccc1c23. The van der Waals surface area contributed by atoms with Gasteiger partial charge in [-0.15, -0.1) is 0 Å². The lowest BCUT2D eigenvalue weighted by molar-refractivity contribution is 1.07. The fraction of sp³-hybridized carbons (Fsp3) is 0.0833. The predicted octanol–water partition coefficient (Wildman–Crippen LogP) is 3.67. The maximum Gasteiger partial charge on any atom is 0.130 e. The van der Waals surface area contributed by atoms with Gasteiger partial charge in [-0.25, -0.2) is 0 Å². The van der Waals surface area contributed by atoms with E-state index in [4.69, 9.17) is 0 Å². The topological polar surface area (TPSA) is 12.4 Å². The van der Waals surface area contributed by atoms with E-state index in [-0.39, 0.29) is 4.95 Å². The number of benzene rings is 2. The molecular weight excluding hydrogens is 238 g/mol. The first-order chi connectivity index (χ1) is 6.86. The first-order valence-electron chi connectivity index (χ1n) is 4.55. The number of hydrogen-bond acceptors (Lipinski definition) is 1. The van der Waals surface area contributed by atoms with Crippen LogP contribution < -0.4 is 0 Å². The zero-order valence-corrected chi connectivity index (χ0v) is 9.03. The summed E-state index contributed by atoms with van der Waals surface area (Å²) in [5, 5.41) is 2.61. The van der Waals surface area contributed by atoms with Gasteiger partial charge in [0.1, 0.15) is 4.95 Å². The van der Waals surface area contributed by atoms with Crippen molar-refractivity contribution in [3.8, 4) is 0 Å². The van der Waals surface area contributed by atoms with Crippen LogP contribution in [0.1, 0.15) is 16.1 Å². The Kier molecular flexibility index (Phi) is 1.71. The summed E-state index contributed by atoms with van der Waals surface area (Å²) in [6.45, 7) is 0. The smallest absolute Gasteiger partial charge is 0.130 e. The third-order valence-electron chi connectivity index (χ3n) is 2.57. The molecule has 1 aliphatic heterocycles. The molecule has 1 aliphatic rings. The summed E-state index contributed by atoms with van der Waals surface area (Å²) >= 11 is 3.55. The monoisotopic (exact) mass is 245 g/mol. The van der Waals surface area contributed by atoms with E-state index in [0.29, 0.717) is 0 Å². The predicted molar refractivity (Wildman–Crippen MR) is 63.2 cm³/mol. The molecule has 1 atom stereocenters. The number of nitrogens with zero attached hydrogens (tertiary/aromatic N) is 1. The Hall–Kier alpha value is -1.15. The summed E-state index contributed by atoms with van der Waals surface area (Å²) in [4.78, 5) is 4.50. The molecule has 0 saturated carbocycles. The van der Waals surface area contributed by atoms with Crippen molar-refractivity contribution in [1.82, 2.24) is 0 Å². The van der Waals surface area contributed by atoms with Gasteiger partial charge in [0.05, 0.1) is 0 Å². The maximum atomic E-state index is 4.39. The molecule has 0 radical (unpaired) electrons. The van der Waals surface area contributed by atoms with Gasteiger partial charge < -0.3 is 0 Å². The van der Waals surface area contributed by atoms with Crippen molar-refractivity contribution in [3.05, 3.63) is 47.5 Å². The number of aliphatic imine (C=N–C) groups is 1. The van der Waals surface area contributed by atoms with E-state index in [2.05, 4.69) is 57.3 Å². The molecular formula is C12H8BrN. The van der Waals surface area contributed by atoms with Gasteiger partial charge in [0, 0.05) is 11.8 Å². The maximum absolute atomic E-state index is 4.39. The van der Waals surface area contributed by atoms with Gasteiger partial charge in [-0.3, -0.25) is 4.99 Å². The van der Waals surface area contributed by atoms with E-state index in [0.717, 1.165) is 0 Å². The minimum Gasteiger partial charge on any atom is -0.273 e. The highest BCUT2D eigenvalue weighted by Gasteiger charge is 2.14. The number of alkyl halides is 1. The van der Waals surface area contributed by atoms with Crippen LogP contribution in [-0.2, 0) is 0 Å². The van der Waals surface area contributed by atoms with Gasteiger partial charge in [0.15, 0.2) is 0 Å². The Morgan fingerprint density at radius 2 is 1.86 bits per heavy atom. The summed E-state index contributed by atoms with van der Waals surface area (Å²) in [6, 6.07) is 12.7. The van der Waals surface area contributed by atoms with Crippen LogP contribution in [0.5, 0.6) is 0 Å². The van der Waals surface area contributed by atoms with Crippen LogP contribution in [0, 0.1) is 0 Å². The molecule has 1 heterocycles. The highest BCUT2D eigenvalue weighted by Crippen LogP contribution is 2.35. The summed E-state index contributed by atoms with van der Waals surface area (Å²) in [6.07, 6.45) is 1.94. The van der Waals surface area contributed by atoms with Crippen LogP contribution in [0.3, 0.4) is 0 Å². The highest BCUT2D eigenvalue weighted by atomic mass is 79.9. The van der Waals surface area contributed by atoms with E-state index in [1.165, 1.54) is 21.9 Å². The van der Waals surface area contributed by atoms with E-state index in [1.54, 1.807) is 0 Å². The Morgan fingerprint density at radius 1 is 1.07 bits per heavy atom. The van der Waals surface area contributed by atoms with Crippen LogP contribution in [-0.4, -0.2) is 6.21 Å². The molecule has 0 fully saturated rings. The molecule has 0 aliphatic carbocycles. The van der Waals surface area contributed by atoms with Gasteiger partial charge in [-0.2, -0.15) is 0 Å². The van der Waals surface area contributed by atoms with Crippen molar-refractivity contribution < 1.29 is 0 Å². The molecule has 0 N–H and O–H groups in total. The van der Waals surface area contributed by atoms with Gasteiger partial charge >= 0.3 is 0 Å². The zero-order valence-electron chi connectivity index (χ0n) is 7.44. The summed E-state index contributed by atoms with van der Waals surface area (Å²) in [5.41, 5.74) is 2.48. The second kappa shape index (κ2) is 2.92. The first kappa shape index (κ1) is 8.18. The minimum atomic E-state index is 0.112. The molecule has 2 aromatic rings. The summed E-state index contributed by atoms with van der Waals surface area (Å²) < 4.78 is 0. The Morgan fingerprint density at radius 3 is 2.71 bits per heavy atom.